The van der Waals surface area contributed by atoms with Crippen molar-refractivity contribution in [3.05, 3.63) is 48.5 Å². The molecule has 0 aliphatic carbocycles. The normalized spacial score (nSPS) is 15.3. The third kappa shape index (κ3) is 1.38. The van der Waals surface area contributed by atoms with E-state index >= 15 is 0 Å². The van der Waals surface area contributed by atoms with Crippen molar-refractivity contribution in [1.82, 2.24) is 0 Å². The van der Waals surface area contributed by atoms with Gasteiger partial charge in [0, 0.05) is 10.6 Å². The van der Waals surface area contributed by atoms with Gasteiger partial charge in [0.1, 0.15) is 0 Å². The van der Waals surface area contributed by atoms with Gasteiger partial charge in [-0.15, -0.1) is 11.8 Å². The van der Waals surface area contributed by atoms with Crippen LogP contribution in [-0.4, -0.2) is 5.75 Å². The third-order valence-corrected chi connectivity index (χ3v) is 3.97. The summed E-state index contributed by atoms with van der Waals surface area (Å²) in [4.78, 5) is 1.39. The summed E-state index contributed by atoms with van der Waals surface area (Å²) in [6.07, 6.45) is 1.12. The van der Waals surface area contributed by atoms with Crippen molar-refractivity contribution < 1.29 is 0 Å². The van der Waals surface area contributed by atoms with Gasteiger partial charge in [0.25, 0.3) is 0 Å². The van der Waals surface area contributed by atoms with Gasteiger partial charge in [0.2, 0.25) is 0 Å². The maximum absolute atomic E-state index is 4.19. The van der Waals surface area contributed by atoms with Crippen LogP contribution in [-0.2, 0) is 0 Å². The minimum absolute atomic E-state index is 1.12. The van der Waals surface area contributed by atoms with Gasteiger partial charge < -0.3 is 0 Å². The van der Waals surface area contributed by atoms with Crippen molar-refractivity contribution in [2.75, 3.05) is 5.75 Å². The molecule has 0 atom stereocenters. The molecule has 0 saturated carbocycles. The molecule has 0 radical (unpaired) electrons. The van der Waals surface area contributed by atoms with Crippen molar-refractivity contribution in [3.8, 4) is 0 Å². The average molecular weight is 212 g/mol. The molecule has 1 aliphatic heterocycles. The third-order valence-electron chi connectivity index (χ3n) is 2.91. The maximum Gasteiger partial charge on any atom is 0.0154 e. The molecule has 1 heterocycles. The van der Waals surface area contributed by atoms with Crippen molar-refractivity contribution in [2.45, 2.75) is 11.3 Å². The molecule has 15 heavy (non-hydrogen) atoms. The summed E-state index contributed by atoms with van der Waals surface area (Å²) in [7, 11) is 0. The van der Waals surface area contributed by atoms with Gasteiger partial charge in [0.15, 0.2) is 0 Å². The summed E-state index contributed by atoms with van der Waals surface area (Å²) >= 11 is 1.95. The summed E-state index contributed by atoms with van der Waals surface area (Å²) in [5, 5.41) is 2.67. The topological polar surface area (TPSA) is 0 Å². The molecule has 2 aromatic carbocycles. The number of benzene rings is 2. The zero-order chi connectivity index (χ0) is 10.3. The van der Waals surface area contributed by atoms with Gasteiger partial charge in [-0.3, -0.25) is 0 Å². The monoisotopic (exact) mass is 212 g/mol. The Morgan fingerprint density at radius 2 is 1.93 bits per heavy atom. The highest BCUT2D eigenvalue weighted by Gasteiger charge is 2.15. The Bertz CT molecular complexity index is 540. The molecule has 0 spiro atoms. The fraction of sp³-hybridized carbons (Fsp3) is 0.143. The number of hydrogen-bond donors (Lipinski definition) is 0. The molecule has 0 saturated heterocycles. The fourth-order valence-electron chi connectivity index (χ4n) is 2.15. The van der Waals surface area contributed by atoms with E-state index in [9.17, 15) is 0 Å². The van der Waals surface area contributed by atoms with E-state index in [1.54, 1.807) is 0 Å². The SMILES string of the molecule is C=C1CCSc2ccc3ccccc3c21. The van der Waals surface area contributed by atoms with Crippen LogP contribution in [0.15, 0.2) is 47.9 Å². The standard InChI is InChI=1S/C14H12S/c1-10-8-9-15-13-7-6-11-4-2-3-5-12(11)14(10)13/h2-7H,1,8-9H2. The molecule has 2 aromatic rings. The van der Waals surface area contributed by atoms with Crippen LogP contribution in [0, 0.1) is 0 Å². The second-order valence-electron chi connectivity index (χ2n) is 3.86. The molecule has 74 valence electrons. The average Bonchev–Trinajstić information content (AvgIpc) is 2.29. The number of thioether (sulfide) groups is 1. The Balaban J connectivity index is 2.40. The van der Waals surface area contributed by atoms with Crippen LogP contribution in [0.1, 0.15) is 12.0 Å². The summed E-state index contributed by atoms with van der Waals surface area (Å²) < 4.78 is 0. The zero-order valence-corrected chi connectivity index (χ0v) is 9.31. The molecular formula is C14H12S. The van der Waals surface area contributed by atoms with Gasteiger partial charge in [0.05, 0.1) is 0 Å². The molecule has 3 rings (SSSR count). The number of fused-ring (bicyclic) bond motifs is 3. The quantitative estimate of drug-likeness (QED) is 0.625. The maximum atomic E-state index is 4.19. The molecule has 0 aromatic heterocycles. The highest BCUT2D eigenvalue weighted by Crippen LogP contribution is 2.40. The first-order valence-electron chi connectivity index (χ1n) is 5.19. The number of allylic oxidation sites excluding steroid dienone is 1. The lowest BCUT2D eigenvalue weighted by Gasteiger charge is -2.19. The van der Waals surface area contributed by atoms with Crippen LogP contribution < -0.4 is 0 Å². The summed E-state index contributed by atoms with van der Waals surface area (Å²) in [5.74, 6) is 1.17. The van der Waals surface area contributed by atoms with Gasteiger partial charge in [-0.1, -0.05) is 36.9 Å². The van der Waals surface area contributed by atoms with E-state index < -0.39 is 0 Å². The van der Waals surface area contributed by atoms with E-state index in [-0.39, 0.29) is 0 Å². The van der Waals surface area contributed by atoms with Crippen LogP contribution >= 0.6 is 11.8 Å². The van der Waals surface area contributed by atoms with Crippen molar-refractivity contribution in [2.24, 2.45) is 0 Å². The fourth-order valence-corrected chi connectivity index (χ4v) is 3.28. The van der Waals surface area contributed by atoms with Crippen LogP contribution in [0.3, 0.4) is 0 Å². The molecule has 0 amide bonds. The van der Waals surface area contributed by atoms with Crippen LogP contribution in [0.4, 0.5) is 0 Å². The van der Waals surface area contributed by atoms with Crippen LogP contribution in [0.25, 0.3) is 16.3 Å². The number of hydrogen-bond acceptors (Lipinski definition) is 1. The Morgan fingerprint density at radius 3 is 2.87 bits per heavy atom. The minimum atomic E-state index is 1.12. The molecule has 0 fully saturated rings. The Hall–Kier alpha value is -1.21. The summed E-state index contributed by atoms with van der Waals surface area (Å²) in [5.41, 5.74) is 2.67. The zero-order valence-electron chi connectivity index (χ0n) is 8.49. The largest absolute Gasteiger partial charge is 0.125 e. The summed E-state index contributed by atoms with van der Waals surface area (Å²) in [6.45, 7) is 4.19. The minimum Gasteiger partial charge on any atom is -0.125 e. The predicted molar refractivity (Wildman–Crippen MR) is 68.3 cm³/mol. The van der Waals surface area contributed by atoms with E-state index in [0.29, 0.717) is 0 Å². The first-order chi connectivity index (χ1) is 7.36. The highest BCUT2D eigenvalue weighted by molar-refractivity contribution is 7.99. The van der Waals surface area contributed by atoms with Crippen molar-refractivity contribution >= 4 is 28.1 Å². The van der Waals surface area contributed by atoms with E-state index in [1.807, 2.05) is 11.8 Å². The first-order valence-corrected chi connectivity index (χ1v) is 6.17. The van der Waals surface area contributed by atoms with Gasteiger partial charge >= 0.3 is 0 Å². The van der Waals surface area contributed by atoms with Crippen molar-refractivity contribution in [3.63, 3.8) is 0 Å². The molecule has 0 nitrogen and oxygen atoms in total. The Labute approximate surface area is 94.0 Å². The lowest BCUT2D eigenvalue weighted by atomic mass is 9.97. The first kappa shape index (κ1) is 9.05. The molecule has 0 N–H and O–H groups in total. The smallest absolute Gasteiger partial charge is 0.0154 e. The highest BCUT2D eigenvalue weighted by atomic mass is 32.2. The second-order valence-corrected chi connectivity index (χ2v) is 5.00. The van der Waals surface area contributed by atoms with Crippen LogP contribution in [0.2, 0.25) is 0 Å². The second kappa shape index (κ2) is 3.42. The summed E-state index contributed by atoms with van der Waals surface area (Å²) in [6, 6.07) is 13.0. The Morgan fingerprint density at radius 1 is 1.07 bits per heavy atom. The molecular weight excluding hydrogens is 200 g/mol. The van der Waals surface area contributed by atoms with Crippen LogP contribution in [0.5, 0.6) is 0 Å². The molecule has 0 unspecified atom stereocenters. The van der Waals surface area contributed by atoms with Crippen molar-refractivity contribution in [1.29, 1.82) is 0 Å². The lowest BCUT2D eigenvalue weighted by molar-refractivity contribution is 1.21. The van der Waals surface area contributed by atoms with E-state index in [2.05, 4.69) is 43.0 Å². The lowest BCUT2D eigenvalue weighted by Crippen LogP contribution is -1.97. The molecule has 1 heteroatoms. The predicted octanol–water partition coefficient (Wildman–Crippen LogP) is 4.35. The molecule has 1 aliphatic rings. The number of rotatable bonds is 0. The van der Waals surface area contributed by atoms with E-state index in [1.165, 1.54) is 32.6 Å². The van der Waals surface area contributed by atoms with E-state index in [0.717, 1.165) is 6.42 Å². The van der Waals surface area contributed by atoms with Gasteiger partial charge in [-0.2, -0.15) is 0 Å². The van der Waals surface area contributed by atoms with Gasteiger partial charge in [-0.05, 0) is 34.4 Å². The molecule has 0 bridgehead atoms. The van der Waals surface area contributed by atoms with E-state index in [4.69, 9.17) is 0 Å². The Kier molecular flexibility index (Phi) is 2.06. The van der Waals surface area contributed by atoms with Gasteiger partial charge in [-0.25, -0.2) is 0 Å².